The average molecular weight is 1400 g/mol. The van der Waals surface area contributed by atoms with Gasteiger partial charge in [-0.25, -0.2) is 0 Å². The standard InChI is InChI=1S/C33H34N2O2.C31H30N2O2.C30H28N2O2/c1-33(2,29-13-15-31-27(17-29)21-34(23-36-31)19-25-9-5-3-6-10-25)30-14-16-32-28(18-30)22-35(24-37-32)20-26-11-7-4-8-12-26;1-3-7-24(8-4-1)18-32-20-28-16-26(11-13-30(28)34-22-32)15-27-12-14-31-29(17-27)21-33(23-35-31)19-25-9-5-2-6-10-25;1-3-7-23(8-4-1)17-31-19-27-15-25(11-13-29(27)33-21-31)26-12-14-30-28(16-26)20-32(22-34-30)18-24-9-5-2-6-10-24/h3-18H,19-24H2,1-2H3;1-14,16-17H,15,18-23H2;1-16H,17-22H2. The number of ether oxygens (including phenoxy) is 6. The van der Waals surface area contributed by atoms with E-state index in [9.17, 15) is 0 Å². The number of hydrogen-bond acceptors (Lipinski definition) is 12. The van der Waals surface area contributed by atoms with Crippen LogP contribution >= 0.6 is 0 Å². The maximum atomic E-state index is 6.12. The number of fused-ring (bicyclic) bond motifs is 6. The topological polar surface area (TPSA) is 74.8 Å². The Morgan fingerprint density at radius 2 is 0.443 bits per heavy atom. The normalized spacial score (nSPS) is 15.7. The molecule has 0 saturated carbocycles. The van der Waals surface area contributed by atoms with Crippen molar-refractivity contribution >= 4 is 0 Å². The Bertz CT molecular complexity index is 4610. The molecule has 0 aromatic heterocycles. The van der Waals surface area contributed by atoms with Gasteiger partial charge in [0.25, 0.3) is 0 Å². The molecule has 0 spiro atoms. The fourth-order valence-corrected chi connectivity index (χ4v) is 15.3. The summed E-state index contributed by atoms with van der Waals surface area (Å²) < 4.78 is 36.5. The summed E-state index contributed by atoms with van der Waals surface area (Å²) in [5.74, 6) is 5.99. The van der Waals surface area contributed by atoms with Gasteiger partial charge < -0.3 is 28.4 Å². The fraction of sp³-hybridized carbons (Fsp3) is 0.234. The molecule has 534 valence electrons. The zero-order valence-corrected chi connectivity index (χ0v) is 60.8. The van der Waals surface area contributed by atoms with Gasteiger partial charge in [-0.3, -0.25) is 29.4 Å². The molecular weight excluding hydrogens is 1310 g/mol. The third-order valence-corrected chi connectivity index (χ3v) is 21.0. The lowest BCUT2D eigenvalue weighted by Crippen LogP contribution is -2.32. The highest BCUT2D eigenvalue weighted by molar-refractivity contribution is 5.68. The molecule has 6 heterocycles. The third kappa shape index (κ3) is 17.4. The van der Waals surface area contributed by atoms with Crippen LogP contribution in [0.1, 0.15) is 103 Å². The minimum Gasteiger partial charge on any atom is -0.478 e. The van der Waals surface area contributed by atoms with Gasteiger partial charge in [-0.2, -0.15) is 0 Å². The summed E-state index contributed by atoms with van der Waals surface area (Å²) in [7, 11) is 0. The lowest BCUT2D eigenvalue weighted by Gasteiger charge is -2.33. The number of nitrogens with zero attached hydrogens (tertiary/aromatic N) is 6. The van der Waals surface area contributed by atoms with Gasteiger partial charge >= 0.3 is 0 Å². The van der Waals surface area contributed by atoms with Crippen molar-refractivity contribution in [3.05, 3.63) is 380 Å². The zero-order valence-electron chi connectivity index (χ0n) is 60.8. The van der Waals surface area contributed by atoms with Crippen LogP contribution in [0.25, 0.3) is 11.1 Å². The van der Waals surface area contributed by atoms with E-state index in [0.29, 0.717) is 40.4 Å². The Balaban J connectivity index is 0.000000122. The van der Waals surface area contributed by atoms with Gasteiger partial charge in [0.05, 0.1) is 0 Å². The van der Waals surface area contributed by atoms with Crippen LogP contribution in [0.4, 0.5) is 0 Å². The molecule has 0 radical (unpaired) electrons. The van der Waals surface area contributed by atoms with E-state index < -0.39 is 0 Å². The van der Waals surface area contributed by atoms with Crippen molar-refractivity contribution in [2.24, 2.45) is 0 Å². The second-order valence-corrected chi connectivity index (χ2v) is 29.5. The highest BCUT2D eigenvalue weighted by Crippen LogP contribution is 2.40. The minimum atomic E-state index is -0.145. The first-order valence-electron chi connectivity index (χ1n) is 37.2. The molecule has 18 rings (SSSR count). The van der Waals surface area contributed by atoms with E-state index in [1.54, 1.807) is 0 Å². The fourth-order valence-electron chi connectivity index (χ4n) is 15.3. The third-order valence-electron chi connectivity index (χ3n) is 21.0. The van der Waals surface area contributed by atoms with Crippen LogP contribution in [0.15, 0.2) is 291 Å². The summed E-state index contributed by atoms with van der Waals surface area (Å²) in [4.78, 5) is 14.1. The van der Waals surface area contributed by atoms with Crippen molar-refractivity contribution in [2.75, 3.05) is 40.4 Å². The molecule has 12 heteroatoms. The van der Waals surface area contributed by atoms with Crippen LogP contribution in [-0.2, 0) is 90.4 Å². The van der Waals surface area contributed by atoms with Crippen LogP contribution in [-0.4, -0.2) is 69.8 Å². The first-order chi connectivity index (χ1) is 52.1. The average Bonchev–Trinajstić information content (AvgIpc) is 0.775. The van der Waals surface area contributed by atoms with Crippen LogP contribution < -0.4 is 28.4 Å². The lowest BCUT2D eigenvalue weighted by atomic mass is 9.77. The van der Waals surface area contributed by atoms with Crippen LogP contribution in [0.2, 0.25) is 0 Å². The van der Waals surface area contributed by atoms with Gasteiger partial charge in [0, 0.05) is 117 Å². The molecule has 0 saturated heterocycles. The summed E-state index contributed by atoms with van der Waals surface area (Å²) in [6.45, 7) is 19.1. The second kappa shape index (κ2) is 32.7. The smallest absolute Gasteiger partial charge is 0.142 e. The zero-order chi connectivity index (χ0) is 71.4. The molecule has 0 unspecified atom stereocenters. The Morgan fingerprint density at radius 3 is 0.698 bits per heavy atom. The van der Waals surface area contributed by atoms with Crippen molar-refractivity contribution in [1.29, 1.82) is 0 Å². The van der Waals surface area contributed by atoms with Gasteiger partial charge in [-0.1, -0.05) is 244 Å². The summed E-state index contributed by atoms with van der Waals surface area (Å²) in [5.41, 5.74) is 22.9. The molecule has 12 aromatic carbocycles. The summed E-state index contributed by atoms with van der Waals surface area (Å²) in [5, 5.41) is 0. The number of benzene rings is 12. The van der Waals surface area contributed by atoms with Crippen molar-refractivity contribution in [3.8, 4) is 45.6 Å². The molecule has 0 N–H and O–H groups in total. The quantitative estimate of drug-likeness (QED) is 0.0872. The van der Waals surface area contributed by atoms with Gasteiger partial charge in [0.15, 0.2) is 0 Å². The summed E-state index contributed by atoms with van der Waals surface area (Å²) in [6, 6.07) is 103. The number of rotatable bonds is 17. The lowest BCUT2D eigenvalue weighted by molar-refractivity contribution is 0.0884. The Morgan fingerprint density at radius 1 is 0.226 bits per heavy atom. The molecule has 0 fully saturated rings. The Hall–Kier alpha value is -10.8. The Labute approximate surface area is 624 Å². The first kappa shape index (κ1) is 69.6. The molecule has 0 bridgehead atoms. The molecule has 12 nitrogen and oxygen atoms in total. The van der Waals surface area contributed by atoms with E-state index in [-0.39, 0.29) is 5.41 Å². The van der Waals surface area contributed by atoms with E-state index in [2.05, 4.69) is 334 Å². The molecule has 0 amide bonds. The van der Waals surface area contributed by atoms with E-state index in [1.165, 1.54) is 100 Å². The van der Waals surface area contributed by atoms with E-state index in [4.69, 9.17) is 28.4 Å². The summed E-state index contributed by atoms with van der Waals surface area (Å²) >= 11 is 0. The largest absolute Gasteiger partial charge is 0.478 e. The summed E-state index contributed by atoms with van der Waals surface area (Å²) in [6.07, 6.45) is 0.901. The van der Waals surface area contributed by atoms with Crippen molar-refractivity contribution < 1.29 is 28.4 Å². The maximum Gasteiger partial charge on any atom is 0.142 e. The molecule has 0 aliphatic carbocycles. The van der Waals surface area contributed by atoms with Crippen LogP contribution in [0, 0.1) is 0 Å². The minimum absolute atomic E-state index is 0.145. The molecule has 0 atom stereocenters. The maximum absolute atomic E-state index is 6.12. The van der Waals surface area contributed by atoms with Gasteiger partial charge in [-0.15, -0.1) is 0 Å². The van der Waals surface area contributed by atoms with Crippen molar-refractivity contribution in [1.82, 2.24) is 29.4 Å². The molecule has 6 aliphatic heterocycles. The molecule has 6 aliphatic rings. The van der Waals surface area contributed by atoms with E-state index >= 15 is 0 Å². The first-order valence-corrected chi connectivity index (χ1v) is 37.2. The molecular formula is C94H92N6O6. The predicted molar refractivity (Wildman–Crippen MR) is 420 cm³/mol. The molecule has 12 aromatic rings. The highest BCUT2D eigenvalue weighted by atomic mass is 16.5. The van der Waals surface area contributed by atoms with E-state index in [1.807, 2.05) is 0 Å². The van der Waals surface area contributed by atoms with E-state index in [0.717, 1.165) is 119 Å². The van der Waals surface area contributed by atoms with Gasteiger partial charge in [0.2, 0.25) is 0 Å². The monoisotopic (exact) mass is 1400 g/mol. The van der Waals surface area contributed by atoms with Crippen molar-refractivity contribution in [2.45, 2.75) is 104 Å². The van der Waals surface area contributed by atoms with Gasteiger partial charge in [0.1, 0.15) is 74.9 Å². The Kier molecular flexibility index (Phi) is 21.5. The molecule has 106 heavy (non-hydrogen) atoms. The second-order valence-electron chi connectivity index (χ2n) is 29.5. The van der Waals surface area contributed by atoms with Gasteiger partial charge in [-0.05, 0) is 134 Å². The van der Waals surface area contributed by atoms with Crippen LogP contribution in [0.5, 0.6) is 34.5 Å². The van der Waals surface area contributed by atoms with Crippen molar-refractivity contribution in [3.63, 3.8) is 0 Å². The number of hydrogen-bond donors (Lipinski definition) is 0. The highest BCUT2D eigenvalue weighted by Gasteiger charge is 2.30. The predicted octanol–water partition coefficient (Wildman–Crippen LogP) is 18.8. The SMILES string of the molecule is CC(C)(c1ccc2c(c1)CN(Cc1ccccc1)CO2)c1ccc2c(c1)CN(Cc1ccccc1)CO2.c1ccc(CN2COc3ccc(-c4ccc5c(c4)CN(Cc4ccccc4)CO5)cc3C2)cc1.c1ccc(CN2COc3ccc(Cc4ccc5c(c4)CN(Cc4ccccc4)CO5)cc3C2)cc1. The van der Waals surface area contributed by atoms with Crippen LogP contribution in [0.3, 0.4) is 0 Å².